The van der Waals surface area contributed by atoms with E-state index in [2.05, 4.69) is 5.32 Å². The molecule has 0 atom stereocenters. The lowest BCUT2D eigenvalue weighted by Crippen LogP contribution is -2.30. The van der Waals surface area contributed by atoms with Gasteiger partial charge >= 0.3 is 0 Å². The van der Waals surface area contributed by atoms with Gasteiger partial charge in [-0.15, -0.1) is 0 Å². The van der Waals surface area contributed by atoms with Crippen LogP contribution in [0.1, 0.15) is 19.3 Å². The summed E-state index contributed by atoms with van der Waals surface area (Å²) in [6, 6.07) is 2.95. The van der Waals surface area contributed by atoms with Crippen molar-refractivity contribution in [1.29, 1.82) is 0 Å². The molecule has 6 heteroatoms. The molecule has 1 aromatic rings. The third-order valence-corrected chi connectivity index (χ3v) is 3.09. The van der Waals surface area contributed by atoms with Crippen molar-refractivity contribution in [2.24, 2.45) is 5.92 Å². The smallest absolute Gasteiger partial charge is 0.257 e. The summed E-state index contributed by atoms with van der Waals surface area (Å²) in [5.74, 6) is -1.26. The van der Waals surface area contributed by atoms with Crippen molar-refractivity contribution in [2.45, 2.75) is 19.3 Å². The van der Waals surface area contributed by atoms with Crippen molar-refractivity contribution in [2.75, 3.05) is 26.4 Å². The Hall–Kier alpha value is -1.69. The summed E-state index contributed by atoms with van der Waals surface area (Å²) >= 11 is 0. The fourth-order valence-corrected chi connectivity index (χ4v) is 1.72. The highest BCUT2D eigenvalue weighted by Gasteiger charge is 2.20. The van der Waals surface area contributed by atoms with E-state index in [0.29, 0.717) is 19.2 Å². The van der Waals surface area contributed by atoms with E-state index < -0.39 is 11.6 Å². The number of carbonyl (C=O) groups is 1. The number of amides is 1. The van der Waals surface area contributed by atoms with Crippen LogP contribution in [0.25, 0.3) is 0 Å². The van der Waals surface area contributed by atoms with Crippen LogP contribution in [-0.2, 0) is 9.53 Å². The van der Waals surface area contributed by atoms with E-state index in [4.69, 9.17) is 9.47 Å². The van der Waals surface area contributed by atoms with Crippen LogP contribution in [-0.4, -0.2) is 32.3 Å². The SMILES string of the molecule is O=C(COc1ccc(F)cc1F)NCCCOCC1CC1. The third-order valence-electron chi connectivity index (χ3n) is 3.09. The lowest BCUT2D eigenvalue weighted by molar-refractivity contribution is -0.123. The summed E-state index contributed by atoms with van der Waals surface area (Å²) in [6.07, 6.45) is 3.24. The topological polar surface area (TPSA) is 47.6 Å². The Labute approximate surface area is 122 Å². The van der Waals surface area contributed by atoms with E-state index >= 15 is 0 Å². The van der Waals surface area contributed by atoms with E-state index in [1.807, 2.05) is 0 Å². The summed E-state index contributed by atoms with van der Waals surface area (Å²) in [4.78, 5) is 11.5. The third kappa shape index (κ3) is 6.08. The van der Waals surface area contributed by atoms with Gasteiger partial charge in [-0.1, -0.05) is 0 Å². The minimum absolute atomic E-state index is 0.140. The summed E-state index contributed by atoms with van der Waals surface area (Å²) in [6.45, 7) is 1.61. The predicted molar refractivity (Wildman–Crippen MR) is 73.0 cm³/mol. The van der Waals surface area contributed by atoms with E-state index in [1.165, 1.54) is 12.8 Å². The van der Waals surface area contributed by atoms with Crippen molar-refractivity contribution in [3.63, 3.8) is 0 Å². The highest BCUT2D eigenvalue weighted by Crippen LogP contribution is 2.28. The second-order valence-electron chi connectivity index (χ2n) is 5.09. The maximum absolute atomic E-state index is 13.2. The summed E-state index contributed by atoms with van der Waals surface area (Å²) in [5.41, 5.74) is 0. The molecule has 0 saturated heterocycles. The van der Waals surface area contributed by atoms with Gasteiger partial charge in [0.15, 0.2) is 18.2 Å². The summed E-state index contributed by atoms with van der Waals surface area (Å²) in [5, 5.41) is 2.65. The largest absolute Gasteiger partial charge is 0.481 e. The van der Waals surface area contributed by atoms with E-state index in [9.17, 15) is 13.6 Å². The van der Waals surface area contributed by atoms with Gasteiger partial charge in [0.1, 0.15) is 5.82 Å². The van der Waals surface area contributed by atoms with Crippen LogP contribution in [0.2, 0.25) is 0 Å². The maximum atomic E-state index is 13.2. The Bertz CT molecular complexity index is 478. The monoisotopic (exact) mass is 299 g/mol. The molecule has 4 nitrogen and oxygen atoms in total. The molecule has 0 bridgehead atoms. The van der Waals surface area contributed by atoms with Crippen LogP contribution >= 0.6 is 0 Å². The van der Waals surface area contributed by atoms with Crippen LogP contribution in [0.5, 0.6) is 5.75 Å². The minimum atomic E-state index is -0.823. The number of benzene rings is 1. The summed E-state index contributed by atoms with van der Waals surface area (Å²) in [7, 11) is 0. The first kappa shape index (κ1) is 15.7. The second-order valence-corrected chi connectivity index (χ2v) is 5.09. The summed E-state index contributed by atoms with van der Waals surface area (Å²) < 4.78 is 36.3. The molecular weight excluding hydrogens is 280 g/mol. The number of hydrogen-bond donors (Lipinski definition) is 1. The van der Waals surface area contributed by atoms with Crippen molar-refractivity contribution in [3.8, 4) is 5.75 Å². The number of nitrogens with one attached hydrogen (secondary N) is 1. The molecule has 0 aromatic heterocycles. The van der Waals surface area contributed by atoms with Crippen LogP contribution in [0.4, 0.5) is 8.78 Å². The maximum Gasteiger partial charge on any atom is 0.257 e. The fraction of sp³-hybridized carbons (Fsp3) is 0.533. The molecule has 1 amide bonds. The number of rotatable bonds is 9. The molecule has 0 aliphatic heterocycles. The van der Waals surface area contributed by atoms with Gasteiger partial charge in [-0.2, -0.15) is 0 Å². The van der Waals surface area contributed by atoms with Gasteiger partial charge in [0.05, 0.1) is 0 Å². The van der Waals surface area contributed by atoms with Crippen molar-refractivity contribution >= 4 is 5.91 Å². The Morgan fingerprint density at radius 1 is 1.33 bits per heavy atom. The molecule has 1 N–H and O–H groups in total. The van der Waals surface area contributed by atoms with E-state index in [0.717, 1.165) is 31.1 Å². The zero-order valence-corrected chi connectivity index (χ0v) is 11.7. The van der Waals surface area contributed by atoms with Gasteiger partial charge in [0, 0.05) is 25.8 Å². The quantitative estimate of drug-likeness (QED) is 0.712. The van der Waals surface area contributed by atoms with Gasteiger partial charge in [-0.25, -0.2) is 8.78 Å². The van der Waals surface area contributed by atoms with Crippen LogP contribution in [0, 0.1) is 17.6 Å². The average Bonchev–Trinajstić information content (AvgIpc) is 3.26. The molecule has 1 aliphatic carbocycles. The Morgan fingerprint density at radius 3 is 2.86 bits per heavy atom. The standard InChI is InChI=1S/C15H19F2NO3/c16-12-4-5-14(13(17)8-12)21-10-15(19)18-6-1-7-20-9-11-2-3-11/h4-5,8,11H,1-3,6-7,9-10H2,(H,18,19). The highest BCUT2D eigenvalue weighted by molar-refractivity contribution is 5.77. The number of carbonyl (C=O) groups excluding carboxylic acids is 1. The van der Waals surface area contributed by atoms with E-state index in [-0.39, 0.29) is 18.3 Å². The normalized spacial score (nSPS) is 14.0. The van der Waals surface area contributed by atoms with Gasteiger partial charge in [0.25, 0.3) is 5.91 Å². The second kappa shape index (κ2) is 7.93. The molecular formula is C15H19F2NO3. The zero-order valence-electron chi connectivity index (χ0n) is 11.7. The molecule has 1 saturated carbocycles. The lowest BCUT2D eigenvalue weighted by Gasteiger charge is -2.08. The molecule has 0 heterocycles. The molecule has 1 fully saturated rings. The first-order valence-electron chi connectivity index (χ1n) is 7.07. The Kier molecular flexibility index (Phi) is 5.92. The highest BCUT2D eigenvalue weighted by atomic mass is 19.1. The van der Waals surface area contributed by atoms with E-state index in [1.54, 1.807) is 0 Å². The van der Waals surface area contributed by atoms with Crippen molar-refractivity contribution in [1.82, 2.24) is 5.32 Å². The molecule has 21 heavy (non-hydrogen) atoms. The lowest BCUT2D eigenvalue weighted by atomic mass is 10.3. The van der Waals surface area contributed by atoms with Gasteiger partial charge in [-0.05, 0) is 37.3 Å². The van der Waals surface area contributed by atoms with Gasteiger partial charge in [-0.3, -0.25) is 4.79 Å². The average molecular weight is 299 g/mol. The first-order valence-corrected chi connectivity index (χ1v) is 7.07. The molecule has 0 radical (unpaired) electrons. The molecule has 116 valence electrons. The van der Waals surface area contributed by atoms with Crippen LogP contribution in [0.15, 0.2) is 18.2 Å². The number of hydrogen-bond acceptors (Lipinski definition) is 3. The zero-order chi connectivity index (χ0) is 15.1. The molecule has 0 unspecified atom stereocenters. The van der Waals surface area contributed by atoms with Crippen LogP contribution < -0.4 is 10.1 Å². The van der Waals surface area contributed by atoms with Crippen LogP contribution in [0.3, 0.4) is 0 Å². The number of halogens is 2. The van der Waals surface area contributed by atoms with Gasteiger partial charge < -0.3 is 14.8 Å². The molecule has 0 spiro atoms. The Morgan fingerprint density at radius 2 is 2.14 bits per heavy atom. The molecule has 2 rings (SSSR count). The molecule has 1 aromatic carbocycles. The van der Waals surface area contributed by atoms with Gasteiger partial charge in [0.2, 0.25) is 0 Å². The fourth-order valence-electron chi connectivity index (χ4n) is 1.72. The Balaban J connectivity index is 1.54. The van der Waals surface area contributed by atoms with Crippen molar-refractivity contribution in [3.05, 3.63) is 29.8 Å². The number of ether oxygens (including phenoxy) is 2. The minimum Gasteiger partial charge on any atom is -0.481 e. The molecule has 1 aliphatic rings. The van der Waals surface area contributed by atoms with Crippen molar-refractivity contribution < 1.29 is 23.0 Å². The first-order chi connectivity index (χ1) is 10.1. The predicted octanol–water partition coefficient (Wildman–Crippen LogP) is 2.28.